The second kappa shape index (κ2) is 11.8. The number of rotatable bonds is 5. The summed E-state index contributed by atoms with van der Waals surface area (Å²) in [6, 6.07) is 41.7. The van der Waals surface area contributed by atoms with Crippen LogP contribution in [0.15, 0.2) is 115 Å². The zero-order valence-corrected chi connectivity index (χ0v) is 22.9. The predicted molar refractivity (Wildman–Crippen MR) is 162 cm³/mol. The maximum Gasteiger partial charge on any atom is 0.0540 e. The first-order valence-electron chi connectivity index (χ1n) is 13.2. The summed E-state index contributed by atoms with van der Waals surface area (Å²) in [4.78, 5) is 2.43. The van der Waals surface area contributed by atoms with Gasteiger partial charge in [0.1, 0.15) is 0 Å². The van der Waals surface area contributed by atoms with E-state index in [4.69, 9.17) is 0 Å². The van der Waals surface area contributed by atoms with Crippen LogP contribution in [0, 0.1) is 27.7 Å². The first-order chi connectivity index (χ1) is 18.0. The Balaban J connectivity index is 0.00000156. The average molecular weight is 484 g/mol. The van der Waals surface area contributed by atoms with Crippen molar-refractivity contribution in [3.63, 3.8) is 0 Å². The van der Waals surface area contributed by atoms with Gasteiger partial charge in [-0.15, -0.1) is 0 Å². The van der Waals surface area contributed by atoms with Crippen molar-refractivity contribution in [2.75, 3.05) is 4.90 Å². The van der Waals surface area contributed by atoms with Crippen LogP contribution in [-0.4, -0.2) is 0 Å². The van der Waals surface area contributed by atoms with Crippen LogP contribution in [0.25, 0.3) is 22.3 Å². The van der Waals surface area contributed by atoms with Crippen LogP contribution >= 0.6 is 0 Å². The van der Waals surface area contributed by atoms with Crippen LogP contribution in [0.5, 0.6) is 0 Å². The van der Waals surface area contributed by atoms with Crippen LogP contribution in [0.3, 0.4) is 0 Å². The van der Waals surface area contributed by atoms with Crippen molar-refractivity contribution in [2.24, 2.45) is 0 Å². The van der Waals surface area contributed by atoms with Gasteiger partial charge in [-0.1, -0.05) is 116 Å². The molecular formula is C36H37N. The molecule has 186 valence electrons. The Morgan fingerprint density at radius 2 is 0.865 bits per heavy atom. The number of anilines is 3. The van der Waals surface area contributed by atoms with Crippen molar-refractivity contribution in [3.05, 3.63) is 138 Å². The van der Waals surface area contributed by atoms with Crippen LogP contribution in [-0.2, 0) is 0 Å². The minimum absolute atomic E-state index is 1.18. The average Bonchev–Trinajstić information content (AvgIpc) is 2.93. The van der Waals surface area contributed by atoms with Crippen LogP contribution < -0.4 is 4.90 Å². The van der Waals surface area contributed by atoms with E-state index in [0.29, 0.717) is 0 Å². The number of hydrogen-bond acceptors (Lipinski definition) is 1. The van der Waals surface area contributed by atoms with E-state index in [2.05, 4.69) is 148 Å². The van der Waals surface area contributed by atoms with Gasteiger partial charge in [0.25, 0.3) is 0 Å². The molecule has 0 aliphatic rings. The molecule has 5 aromatic carbocycles. The third kappa shape index (κ3) is 5.67. The van der Waals surface area contributed by atoms with E-state index in [1.54, 1.807) is 0 Å². The molecule has 0 saturated carbocycles. The summed E-state index contributed by atoms with van der Waals surface area (Å²) in [6.07, 6.45) is 0. The summed E-state index contributed by atoms with van der Waals surface area (Å²) in [5, 5.41) is 0. The smallest absolute Gasteiger partial charge is 0.0540 e. The Kier molecular flexibility index (Phi) is 8.25. The molecule has 5 aromatic rings. The normalized spacial score (nSPS) is 10.4. The fourth-order valence-electron chi connectivity index (χ4n) is 4.89. The van der Waals surface area contributed by atoms with Gasteiger partial charge >= 0.3 is 0 Å². The van der Waals surface area contributed by atoms with Gasteiger partial charge in [0.15, 0.2) is 0 Å². The molecule has 0 fully saturated rings. The van der Waals surface area contributed by atoms with E-state index in [0.717, 1.165) is 0 Å². The van der Waals surface area contributed by atoms with Crippen molar-refractivity contribution in [3.8, 4) is 22.3 Å². The molecule has 37 heavy (non-hydrogen) atoms. The van der Waals surface area contributed by atoms with Gasteiger partial charge in [-0.25, -0.2) is 0 Å². The molecule has 0 aliphatic carbocycles. The first-order valence-corrected chi connectivity index (χ1v) is 13.2. The molecule has 0 bridgehead atoms. The van der Waals surface area contributed by atoms with Gasteiger partial charge in [0.05, 0.1) is 5.69 Å². The third-order valence-corrected chi connectivity index (χ3v) is 6.62. The summed E-state index contributed by atoms with van der Waals surface area (Å²) < 4.78 is 0. The molecule has 0 N–H and O–H groups in total. The topological polar surface area (TPSA) is 3.24 Å². The minimum Gasteiger partial charge on any atom is -0.309 e. The van der Waals surface area contributed by atoms with Crippen LogP contribution in [0.4, 0.5) is 17.1 Å². The number of hydrogen-bond donors (Lipinski definition) is 0. The van der Waals surface area contributed by atoms with E-state index in [-0.39, 0.29) is 0 Å². The van der Waals surface area contributed by atoms with Gasteiger partial charge in [0, 0.05) is 16.9 Å². The summed E-state index contributed by atoms with van der Waals surface area (Å²) in [5.74, 6) is 0. The Labute approximate surface area is 223 Å². The van der Waals surface area contributed by atoms with Gasteiger partial charge < -0.3 is 4.90 Å². The standard InChI is InChI=1S/C34H31N.C2H6/c1-24-15-18-32(26(3)21-24)35(33-19-16-25(2)22-27(33)4)34-20-17-30(28-11-7-5-8-12-28)23-31(34)29-13-9-6-10-14-29;1-2/h5-23H,1-4H3;1-2H3. The van der Waals surface area contributed by atoms with Gasteiger partial charge in [-0.3, -0.25) is 0 Å². The fourth-order valence-corrected chi connectivity index (χ4v) is 4.89. The highest BCUT2D eigenvalue weighted by Crippen LogP contribution is 2.44. The molecule has 0 heterocycles. The molecule has 1 heteroatoms. The summed E-state index contributed by atoms with van der Waals surface area (Å²) in [6.45, 7) is 12.7. The van der Waals surface area contributed by atoms with E-state index < -0.39 is 0 Å². The Morgan fingerprint density at radius 3 is 1.35 bits per heavy atom. The highest BCUT2D eigenvalue weighted by molar-refractivity contribution is 5.91. The van der Waals surface area contributed by atoms with Crippen molar-refractivity contribution in [1.29, 1.82) is 0 Å². The molecule has 1 nitrogen and oxygen atoms in total. The molecule has 0 aliphatic heterocycles. The zero-order valence-electron chi connectivity index (χ0n) is 22.9. The van der Waals surface area contributed by atoms with E-state index >= 15 is 0 Å². The van der Waals surface area contributed by atoms with Gasteiger partial charge in [-0.05, 0) is 79.8 Å². The maximum atomic E-state index is 2.43. The zero-order chi connectivity index (χ0) is 26.4. The molecule has 0 radical (unpaired) electrons. The molecule has 0 atom stereocenters. The van der Waals surface area contributed by atoms with Crippen molar-refractivity contribution < 1.29 is 0 Å². The van der Waals surface area contributed by atoms with E-state index in [9.17, 15) is 0 Å². The summed E-state index contributed by atoms with van der Waals surface area (Å²) >= 11 is 0. The molecule has 0 spiro atoms. The summed E-state index contributed by atoms with van der Waals surface area (Å²) in [7, 11) is 0. The third-order valence-electron chi connectivity index (χ3n) is 6.62. The molecule has 0 aromatic heterocycles. The SMILES string of the molecule is CC.Cc1ccc(N(c2ccc(C)cc2C)c2ccc(-c3ccccc3)cc2-c2ccccc2)c(C)c1. The largest absolute Gasteiger partial charge is 0.309 e. The predicted octanol–water partition coefficient (Wildman–Crippen LogP) is 10.8. The van der Waals surface area contributed by atoms with Crippen molar-refractivity contribution in [2.45, 2.75) is 41.5 Å². The second-order valence-corrected chi connectivity index (χ2v) is 9.38. The minimum atomic E-state index is 1.18. The first kappa shape index (κ1) is 26.0. The highest BCUT2D eigenvalue weighted by atomic mass is 15.1. The summed E-state index contributed by atoms with van der Waals surface area (Å²) in [5.41, 5.74) is 13.5. The molecule has 0 saturated heterocycles. The van der Waals surface area contributed by atoms with Crippen molar-refractivity contribution >= 4 is 17.1 Å². The van der Waals surface area contributed by atoms with Gasteiger partial charge in [0.2, 0.25) is 0 Å². The lowest BCUT2D eigenvalue weighted by molar-refractivity contribution is 1.21. The Bertz CT molecular complexity index is 1410. The number of benzene rings is 5. The Hall–Kier alpha value is -4.10. The lowest BCUT2D eigenvalue weighted by Gasteiger charge is -2.31. The molecule has 0 unspecified atom stereocenters. The van der Waals surface area contributed by atoms with Crippen LogP contribution in [0.1, 0.15) is 36.1 Å². The van der Waals surface area contributed by atoms with Crippen molar-refractivity contribution in [1.82, 2.24) is 0 Å². The molecule has 5 rings (SSSR count). The molecular weight excluding hydrogens is 446 g/mol. The van der Waals surface area contributed by atoms with E-state index in [1.807, 2.05) is 13.8 Å². The second-order valence-electron chi connectivity index (χ2n) is 9.38. The molecule has 0 amide bonds. The lowest BCUT2D eigenvalue weighted by Crippen LogP contribution is -2.14. The van der Waals surface area contributed by atoms with Gasteiger partial charge in [-0.2, -0.15) is 0 Å². The lowest BCUT2D eigenvalue weighted by atomic mass is 9.95. The van der Waals surface area contributed by atoms with E-state index in [1.165, 1.54) is 61.6 Å². The van der Waals surface area contributed by atoms with Crippen LogP contribution in [0.2, 0.25) is 0 Å². The monoisotopic (exact) mass is 483 g/mol. The number of nitrogens with zero attached hydrogens (tertiary/aromatic N) is 1. The highest BCUT2D eigenvalue weighted by Gasteiger charge is 2.21. The fraction of sp³-hybridized carbons (Fsp3) is 0.167. The number of aryl methyl sites for hydroxylation is 4. The maximum absolute atomic E-state index is 2.43. The quantitative estimate of drug-likeness (QED) is 0.240. The Morgan fingerprint density at radius 1 is 0.405 bits per heavy atom.